The molecule has 0 radical (unpaired) electrons. The normalized spacial score (nSPS) is 35.1. The van der Waals surface area contributed by atoms with E-state index in [1.54, 1.807) is 7.11 Å². The minimum Gasteiger partial charge on any atom is -0.370 e. The zero-order valence-electron chi connectivity index (χ0n) is 12.2. The summed E-state index contributed by atoms with van der Waals surface area (Å²) in [5, 5.41) is 7.65. The second-order valence-corrected chi connectivity index (χ2v) is 7.07. The molecular formula is C14H23N3O2S. The van der Waals surface area contributed by atoms with Gasteiger partial charge in [0, 0.05) is 25.2 Å². The molecule has 20 heavy (non-hydrogen) atoms. The number of methoxy groups -OCH3 is 1. The van der Waals surface area contributed by atoms with Crippen LogP contribution in [0.5, 0.6) is 0 Å². The van der Waals surface area contributed by atoms with Gasteiger partial charge in [0.1, 0.15) is 5.60 Å². The third kappa shape index (κ3) is 2.73. The highest BCUT2D eigenvalue weighted by Crippen LogP contribution is 2.41. The number of rotatable bonds is 3. The Morgan fingerprint density at radius 3 is 2.85 bits per heavy atom. The van der Waals surface area contributed by atoms with Crippen molar-refractivity contribution in [2.75, 3.05) is 25.2 Å². The van der Waals surface area contributed by atoms with Crippen LogP contribution >= 0.6 is 11.8 Å². The first kappa shape index (κ1) is 14.4. The van der Waals surface area contributed by atoms with E-state index in [2.05, 4.69) is 22.4 Å². The molecule has 0 bridgehead atoms. The summed E-state index contributed by atoms with van der Waals surface area (Å²) in [5.74, 6) is 4.36. The van der Waals surface area contributed by atoms with Gasteiger partial charge < -0.3 is 14.6 Å². The molecule has 1 atom stereocenters. The summed E-state index contributed by atoms with van der Waals surface area (Å²) < 4.78 is 11.3. The molecule has 1 N–H and O–H groups in total. The maximum atomic E-state index is 5.80. The Morgan fingerprint density at radius 1 is 1.40 bits per heavy atom. The summed E-state index contributed by atoms with van der Waals surface area (Å²) in [5.41, 5.74) is -0.337. The van der Waals surface area contributed by atoms with Crippen LogP contribution in [0.4, 0.5) is 0 Å². The molecule has 1 saturated carbocycles. The van der Waals surface area contributed by atoms with Crippen molar-refractivity contribution in [3.63, 3.8) is 0 Å². The predicted octanol–water partition coefficient (Wildman–Crippen LogP) is 2.50. The molecule has 112 valence electrons. The van der Waals surface area contributed by atoms with Gasteiger partial charge in [0.2, 0.25) is 11.7 Å². The zero-order valence-corrected chi connectivity index (χ0v) is 13.0. The van der Waals surface area contributed by atoms with Gasteiger partial charge in [-0.1, -0.05) is 12.1 Å². The van der Waals surface area contributed by atoms with Crippen molar-refractivity contribution in [1.82, 2.24) is 15.5 Å². The average molecular weight is 297 g/mol. The molecule has 0 amide bonds. The highest BCUT2D eigenvalue weighted by Gasteiger charge is 2.40. The molecule has 1 aliphatic carbocycles. The van der Waals surface area contributed by atoms with Crippen LogP contribution in [0, 0.1) is 5.92 Å². The van der Waals surface area contributed by atoms with E-state index in [0.717, 1.165) is 55.5 Å². The second kappa shape index (κ2) is 6.03. The number of ether oxygens (including phenoxy) is 1. The number of hydrogen-bond acceptors (Lipinski definition) is 6. The molecule has 1 unspecified atom stereocenters. The molecule has 2 heterocycles. The van der Waals surface area contributed by atoms with Crippen molar-refractivity contribution in [1.29, 1.82) is 0 Å². The van der Waals surface area contributed by atoms with Crippen molar-refractivity contribution in [3.8, 4) is 0 Å². The minimum absolute atomic E-state index is 0.187. The maximum absolute atomic E-state index is 5.80. The van der Waals surface area contributed by atoms with E-state index >= 15 is 0 Å². The van der Waals surface area contributed by atoms with Crippen LogP contribution in [0.1, 0.15) is 50.4 Å². The molecule has 2 fully saturated rings. The summed E-state index contributed by atoms with van der Waals surface area (Å²) >= 11 is 1.93. The molecular weight excluding hydrogens is 274 g/mol. The standard InChI is InChI=1S/C14H23N3O2S/c1-10-3-5-14(18-2,6-4-10)13-16-12(19-17-13)11-9-20-8-7-15-11/h10-11,15H,3-9H2,1-2H3. The van der Waals surface area contributed by atoms with Crippen molar-refractivity contribution in [3.05, 3.63) is 11.7 Å². The van der Waals surface area contributed by atoms with Crippen molar-refractivity contribution in [2.45, 2.75) is 44.2 Å². The van der Waals surface area contributed by atoms with E-state index in [-0.39, 0.29) is 11.6 Å². The fourth-order valence-corrected chi connectivity index (χ4v) is 3.96. The van der Waals surface area contributed by atoms with E-state index < -0.39 is 0 Å². The molecule has 1 aromatic rings. The Bertz CT molecular complexity index is 437. The molecule has 1 aliphatic heterocycles. The lowest BCUT2D eigenvalue weighted by atomic mass is 9.79. The highest BCUT2D eigenvalue weighted by atomic mass is 32.2. The summed E-state index contributed by atoms with van der Waals surface area (Å²) in [6.45, 7) is 3.30. The quantitative estimate of drug-likeness (QED) is 0.925. The number of thioether (sulfide) groups is 1. The Hall–Kier alpha value is -0.590. The maximum Gasteiger partial charge on any atom is 0.244 e. The van der Waals surface area contributed by atoms with Gasteiger partial charge in [-0.25, -0.2) is 0 Å². The van der Waals surface area contributed by atoms with Crippen LogP contribution < -0.4 is 5.32 Å². The predicted molar refractivity (Wildman–Crippen MR) is 78.7 cm³/mol. The SMILES string of the molecule is COC1(c2noc(C3CSCCN3)n2)CCC(C)CC1. The van der Waals surface area contributed by atoms with Crippen molar-refractivity contribution >= 4 is 11.8 Å². The number of nitrogens with zero attached hydrogens (tertiary/aromatic N) is 2. The van der Waals surface area contributed by atoms with Crippen LogP contribution in [-0.4, -0.2) is 35.3 Å². The summed E-state index contributed by atoms with van der Waals surface area (Å²) in [6.07, 6.45) is 4.29. The van der Waals surface area contributed by atoms with Crippen molar-refractivity contribution < 1.29 is 9.26 Å². The largest absolute Gasteiger partial charge is 0.370 e. The molecule has 0 aromatic carbocycles. The molecule has 0 spiro atoms. The lowest BCUT2D eigenvalue weighted by molar-refractivity contribution is -0.0609. The molecule has 3 rings (SSSR count). The van der Waals surface area contributed by atoms with Crippen LogP contribution in [0.3, 0.4) is 0 Å². The smallest absolute Gasteiger partial charge is 0.244 e. The van der Waals surface area contributed by atoms with E-state index in [9.17, 15) is 0 Å². The Kier molecular flexibility index (Phi) is 4.33. The highest BCUT2D eigenvalue weighted by molar-refractivity contribution is 7.99. The number of aromatic nitrogens is 2. The van der Waals surface area contributed by atoms with E-state index in [0.29, 0.717) is 5.89 Å². The van der Waals surface area contributed by atoms with Gasteiger partial charge in [0.05, 0.1) is 6.04 Å². The number of nitrogens with one attached hydrogen (secondary N) is 1. The van der Waals surface area contributed by atoms with E-state index in [4.69, 9.17) is 9.26 Å². The Labute approximate surface area is 124 Å². The van der Waals surface area contributed by atoms with Crippen LogP contribution in [0.2, 0.25) is 0 Å². The average Bonchev–Trinajstić information content (AvgIpc) is 3.00. The minimum atomic E-state index is -0.337. The Balaban J connectivity index is 1.77. The molecule has 2 aliphatic rings. The van der Waals surface area contributed by atoms with Gasteiger partial charge in [-0.15, -0.1) is 0 Å². The van der Waals surface area contributed by atoms with Gasteiger partial charge in [-0.3, -0.25) is 0 Å². The summed E-state index contributed by atoms with van der Waals surface area (Å²) in [4.78, 5) is 4.65. The van der Waals surface area contributed by atoms with E-state index in [1.807, 2.05) is 11.8 Å². The summed E-state index contributed by atoms with van der Waals surface area (Å²) in [7, 11) is 1.76. The Morgan fingerprint density at radius 2 is 2.20 bits per heavy atom. The van der Waals surface area contributed by atoms with Crippen LogP contribution in [-0.2, 0) is 10.3 Å². The van der Waals surface area contributed by atoms with Gasteiger partial charge in [-0.05, 0) is 31.6 Å². The molecule has 5 nitrogen and oxygen atoms in total. The lowest BCUT2D eigenvalue weighted by Crippen LogP contribution is -2.35. The molecule has 6 heteroatoms. The lowest BCUT2D eigenvalue weighted by Gasteiger charge is -2.35. The third-order valence-corrected chi connectivity index (χ3v) is 5.60. The van der Waals surface area contributed by atoms with E-state index in [1.165, 1.54) is 0 Å². The van der Waals surface area contributed by atoms with Gasteiger partial charge in [0.25, 0.3) is 0 Å². The molecule has 1 aromatic heterocycles. The summed E-state index contributed by atoms with van der Waals surface area (Å²) in [6, 6.07) is 0.187. The monoisotopic (exact) mass is 297 g/mol. The zero-order chi connectivity index (χ0) is 14.0. The third-order valence-electron chi connectivity index (χ3n) is 4.54. The fourth-order valence-electron chi connectivity index (χ4n) is 3.03. The topological polar surface area (TPSA) is 60.2 Å². The first-order valence-corrected chi connectivity index (χ1v) is 8.59. The second-order valence-electron chi connectivity index (χ2n) is 5.92. The van der Waals surface area contributed by atoms with Crippen molar-refractivity contribution in [2.24, 2.45) is 5.92 Å². The first-order valence-electron chi connectivity index (χ1n) is 7.44. The van der Waals surface area contributed by atoms with Gasteiger partial charge >= 0.3 is 0 Å². The molecule has 1 saturated heterocycles. The van der Waals surface area contributed by atoms with Gasteiger partial charge in [0.15, 0.2) is 0 Å². The first-order chi connectivity index (χ1) is 9.73. The number of hydrogen-bond donors (Lipinski definition) is 1. The fraction of sp³-hybridized carbons (Fsp3) is 0.857. The van der Waals surface area contributed by atoms with Crippen LogP contribution in [0.15, 0.2) is 4.52 Å². The van der Waals surface area contributed by atoms with Crippen LogP contribution in [0.25, 0.3) is 0 Å². The van der Waals surface area contributed by atoms with Gasteiger partial charge in [-0.2, -0.15) is 16.7 Å².